The average molecular weight is 354 g/mol. The SMILES string of the molecule is O=C1C(Cc2ccc(Cl)nc2)CCN1c1cc(-c2ccncc2)[nH]n1. The van der Waals surface area contributed by atoms with Crippen LogP contribution in [0.5, 0.6) is 0 Å². The van der Waals surface area contributed by atoms with Crippen LogP contribution in [0.2, 0.25) is 5.15 Å². The third-order valence-electron chi connectivity index (χ3n) is 4.42. The molecule has 1 aliphatic rings. The highest BCUT2D eigenvalue weighted by Gasteiger charge is 2.33. The number of aromatic amines is 1. The molecular formula is C18H16ClN5O. The molecule has 126 valence electrons. The van der Waals surface area contributed by atoms with Crippen LogP contribution in [0.25, 0.3) is 11.3 Å². The molecule has 4 rings (SSSR count). The Hall–Kier alpha value is -2.73. The number of carbonyl (C=O) groups is 1. The predicted molar refractivity (Wildman–Crippen MR) is 95.2 cm³/mol. The van der Waals surface area contributed by atoms with Gasteiger partial charge in [0.25, 0.3) is 0 Å². The van der Waals surface area contributed by atoms with Crippen LogP contribution >= 0.6 is 11.6 Å². The van der Waals surface area contributed by atoms with Crippen molar-refractivity contribution in [3.05, 3.63) is 59.6 Å². The molecule has 1 aliphatic heterocycles. The molecule has 7 heteroatoms. The molecule has 1 N–H and O–H groups in total. The van der Waals surface area contributed by atoms with Crippen molar-refractivity contribution in [3.63, 3.8) is 0 Å². The monoisotopic (exact) mass is 353 g/mol. The number of carbonyl (C=O) groups excluding carboxylic acids is 1. The Kier molecular flexibility index (Phi) is 4.19. The summed E-state index contributed by atoms with van der Waals surface area (Å²) in [5.74, 6) is 0.709. The second-order valence-electron chi connectivity index (χ2n) is 6.04. The highest BCUT2D eigenvalue weighted by molar-refractivity contribution is 6.29. The number of rotatable bonds is 4. The summed E-state index contributed by atoms with van der Waals surface area (Å²) in [4.78, 5) is 22.6. The van der Waals surface area contributed by atoms with Gasteiger partial charge in [-0.25, -0.2) is 4.98 Å². The van der Waals surface area contributed by atoms with Gasteiger partial charge in [-0.2, -0.15) is 5.10 Å². The first-order valence-electron chi connectivity index (χ1n) is 8.08. The largest absolute Gasteiger partial charge is 0.295 e. The number of halogens is 1. The molecule has 3 aromatic rings. The molecule has 6 nitrogen and oxygen atoms in total. The van der Waals surface area contributed by atoms with Gasteiger partial charge in [0, 0.05) is 42.7 Å². The summed E-state index contributed by atoms with van der Waals surface area (Å²) in [6.45, 7) is 0.672. The highest BCUT2D eigenvalue weighted by Crippen LogP contribution is 2.28. The minimum Gasteiger partial charge on any atom is -0.295 e. The van der Waals surface area contributed by atoms with Crippen molar-refractivity contribution in [1.82, 2.24) is 20.2 Å². The molecule has 25 heavy (non-hydrogen) atoms. The molecule has 0 aliphatic carbocycles. The van der Waals surface area contributed by atoms with Crippen LogP contribution in [0.15, 0.2) is 48.9 Å². The molecule has 3 aromatic heterocycles. The fraction of sp³-hybridized carbons (Fsp3) is 0.222. The van der Waals surface area contributed by atoms with E-state index < -0.39 is 0 Å². The van der Waals surface area contributed by atoms with Crippen LogP contribution in [-0.4, -0.2) is 32.6 Å². The average Bonchev–Trinajstić information content (AvgIpc) is 3.25. The first-order chi connectivity index (χ1) is 12.2. The van der Waals surface area contributed by atoms with E-state index in [1.54, 1.807) is 29.6 Å². The number of anilines is 1. The van der Waals surface area contributed by atoms with E-state index in [-0.39, 0.29) is 11.8 Å². The topological polar surface area (TPSA) is 74.8 Å². The van der Waals surface area contributed by atoms with E-state index in [0.29, 0.717) is 23.9 Å². The summed E-state index contributed by atoms with van der Waals surface area (Å²) in [7, 11) is 0. The Bertz CT molecular complexity index is 878. The van der Waals surface area contributed by atoms with E-state index >= 15 is 0 Å². The van der Waals surface area contributed by atoms with Crippen molar-refractivity contribution in [3.8, 4) is 11.3 Å². The van der Waals surface area contributed by atoms with Gasteiger partial charge in [0.15, 0.2) is 5.82 Å². The standard InChI is InChI=1S/C18H16ClN5O/c19-16-2-1-12(11-21-16)9-14-5-8-24(18(14)25)17-10-15(22-23-17)13-3-6-20-7-4-13/h1-4,6-7,10-11,14H,5,8-9H2,(H,22,23). The molecule has 0 aromatic carbocycles. The Balaban J connectivity index is 1.48. The lowest BCUT2D eigenvalue weighted by atomic mass is 9.99. The fourth-order valence-corrected chi connectivity index (χ4v) is 3.21. The van der Waals surface area contributed by atoms with Crippen LogP contribution in [0.4, 0.5) is 5.82 Å². The van der Waals surface area contributed by atoms with Crippen LogP contribution in [0.3, 0.4) is 0 Å². The number of amides is 1. The first-order valence-corrected chi connectivity index (χ1v) is 8.46. The molecule has 0 radical (unpaired) electrons. The van der Waals surface area contributed by atoms with Gasteiger partial charge in [-0.05, 0) is 36.6 Å². The lowest BCUT2D eigenvalue weighted by molar-refractivity contribution is -0.120. The normalized spacial score (nSPS) is 17.2. The van der Waals surface area contributed by atoms with Crippen molar-refractivity contribution >= 4 is 23.3 Å². The van der Waals surface area contributed by atoms with Gasteiger partial charge in [0.2, 0.25) is 5.91 Å². The molecule has 0 spiro atoms. The van der Waals surface area contributed by atoms with Gasteiger partial charge < -0.3 is 0 Å². The summed E-state index contributed by atoms with van der Waals surface area (Å²) in [6.07, 6.45) is 6.66. The van der Waals surface area contributed by atoms with Crippen molar-refractivity contribution in [2.24, 2.45) is 5.92 Å². The maximum absolute atomic E-state index is 12.7. The van der Waals surface area contributed by atoms with E-state index in [1.807, 2.05) is 24.3 Å². The third-order valence-corrected chi connectivity index (χ3v) is 4.64. The van der Waals surface area contributed by atoms with Gasteiger partial charge in [-0.3, -0.25) is 19.8 Å². The first kappa shape index (κ1) is 15.8. The number of hydrogen-bond donors (Lipinski definition) is 1. The van der Waals surface area contributed by atoms with E-state index in [1.165, 1.54) is 0 Å². The van der Waals surface area contributed by atoms with Gasteiger partial charge in [-0.1, -0.05) is 17.7 Å². The smallest absolute Gasteiger partial charge is 0.231 e. The molecule has 1 unspecified atom stereocenters. The van der Waals surface area contributed by atoms with E-state index in [4.69, 9.17) is 11.6 Å². The van der Waals surface area contributed by atoms with Gasteiger partial charge in [0.05, 0.1) is 5.69 Å². The molecule has 1 atom stereocenters. The van der Waals surface area contributed by atoms with Gasteiger partial charge in [0.1, 0.15) is 5.15 Å². The minimum absolute atomic E-state index is 0.0518. The second-order valence-corrected chi connectivity index (χ2v) is 6.43. The van der Waals surface area contributed by atoms with Crippen LogP contribution in [0, 0.1) is 5.92 Å². The third kappa shape index (κ3) is 3.25. The Morgan fingerprint density at radius 3 is 2.84 bits per heavy atom. The predicted octanol–water partition coefficient (Wildman–Crippen LogP) is 3.12. The Labute approximate surface area is 149 Å². The molecule has 1 amide bonds. The number of nitrogens with zero attached hydrogens (tertiary/aromatic N) is 4. The highest BCUT2D eigenvalue weighted by atomic mass is 35.5. The maximum Gasteiger partial charge on any atom is 0.231 e. The fourth-order valence-electron chi connectivity index (χ4n) is 3.10. The van der Waals surface area contributed by atoms with Crippen molar-refractivity contribution in [2.75, 3.05) is 11.4 Å². The molecule has 0 saturated carbocycles. The Morgan fingerprint density at radius 1 is 1.24 bits per heavy atom. The van der Waals surface area contributed by atoms with Crippen molar-refractivity contribution in [1.29, 1.82) is 0 Å². The minimum atomic E-state index is -0.0518. The number of H-pyrrole nitrogens is 1. The molecule has 0 bridgehead atoms. The van der Waals surface area contributed by atoms with Gasteiger partial charge >= 0.3 is 0 Å². The zero-order valence-corrected chi connectivity index (χ0v) is 14.1. The van der Waals surface area contributed by atoms with Crippen LogP contribution < -0.4 is 4.90 Å². The zero-order chi connectivity index (χ0) is 17.2. The lowest BCUT2D eigenvalue weighted by Crippen LogP contribution is -2.28. The number of aromatic nitrogens is 4. The van der Waals surface area contributed by atoms with E-state index in [0.717, 1.165) is 23.2 Å². The van der Waals surface area contributed by atoms with Gasteiger partial charge in [-0.15, -0.1) is 0 Å². The van der Waals surface area contributed by atoms with Crippen molar-refractivity contribution < 1.29 is 4.79 Å². The quantitative estimate of drug-likeness (QED) is 0.731. The lowest BCUT2D eigenvalue weighted by Gasteiger charge is -2.13. The van der Waals surface area contributed by atoms with E-state index in [2.05, 4.69) is 20.2 Å². The number of hydrogen-bond acceptors (Lipinski definition) is 4. The zero-order valence-electron chi connectivity index (χ0n) is 13.4. The molecule has 1 saturated heterocycles. The second kappa shape index (κ2) is 6.64. The van der Waals surface area contributed by atoms with Crippen molar-refractivity contribution in [2.45, 2.75) is 12.8 Å². The molecule has 4 heterocycles. The van der Waals surface area contributed by atoms with Crippen LogP contribution in [-0.2, 0) is 11.2 Å². The summed E-state index contributed by atoms with van der Waals surface area (Å²) in [6, 6.07) is 9.38. The molecule has 1 fully saturated rings. The summed E-state index contributed by atoms with van der Waals surface area (Å²) in [5.41, 5.74) is 2.88. The summed E-state index contributed by atoms with van der Waals surface area (Å²) in [5, 5.41) is 7.76. The van der Waals surface area contributed by atoms with Crippen LogP contribution in [0.1, 0.15) is 12.0 Å². The number of pyridine rings is 2. The Morgan fingerprint density at radius 2 is 2.08 bits per heavy atom. The van der Waals surface area contributed by atoms with E-state index in [9.17, 15) is 4.79 Å². The maximum atomic E-state index is 12.7. The summed E-state index contributed by atoms with van der Waals surface area (Å²) >= 11 is 5.81. The molecular weight excluding hydrogens is 338 g/mol. The number of nitrogens with one attached hydrogen (secondary N) is 1. The summed E-state index contributed by atoms with van der Waals surface area (Å²) < 4.78 is 0.